The molecular formula is C17H12ClF2N5O. The Hall–Kier alpha value is -3.00. The third-order valence-electron chi connectivity index (χ3n) is 3.96. The largest absolute Gasteiger partial charge is 0.398 e. The molecule has 0 fully saturated rings. The van der Waals surface area contributed by atoms with Crippen molar-refractivity contribution >= 4 is 28.2 Å². The maximum atomic E-state index is 13.5. The first-order valence-electron chi connectivity index (χ1n) is 7.64. The maximum absolute atomic E-state index is 13.5. The maximum Gasteiger partial charge on any atom is 0.278 e. The third-order valence-corrected chi connectivity index (χ3v) is 4.38. The highest BCUT2D eigenvalue weighted by molar-refractivity contribution is 6.38. The molecule has 132 valence electrons. The van der Waals surface area contributed by atoms with E-state index in [0.717, 1.165) is 0 Å². The van der Waals surface area contributed by atoms with Crippen LogP contribution >= 0.6 is 11.6 Å². The molecule has 0 aliphatic carbocycles. The topological polar surface area (TPSA) is 82.8 Å². The van der Waals surface area contributed by atoms with Crippen molar-refractivity contribution in [3.8, 4) is 11.6 Å². The number of alkyl halides is 2. The monoisotopic (exact) mass is 375 g/mol. The van der Waals surface area contributed by atoms with Crippen LogP contribution in [0.4, 0.5) is 14.5 Å². The molecule has 0 unspecified atom stereocenters. The van der Waals surface area contributed by atoms with Gasteiger partial charge in [0.25, 0.3) is 12.3 Å². The molecule has 2 N–H and O–H groups in total. The van der Waals surface area contributed by atoms with Crippen LogP contribution in [0.3, 0.4) is 0 Å². The summed E-state index contributed by atoms with van der Waals surface area (Å²) in [7, 11) is 0. The second-order valence-electron chi connectivity index (χ2n) is 5.59. The number of nitrogens with zero attached hydrogens (tertiary/aromatic N) is 4. The summed E-state index contributed by atoms with van der Waals surface area (Å²) in [6.07, 6.45) is -1.10. The number of halogens is 3. The van der Waals surface area contributed by atoms with Gasteiger partial charge in [0, 0.05) is 11.6 Å². The summed E-state index contributed by atoms with van der Waals surface area (Å²) in [5.74, 6) is 0.468. The van der Waals surface area contributed by atoms with Gasteiger partial charge in [-0.1, -0.05) is 22.8 Å². The summed E-state index contributed by atoms with van der Waals surface area (Å²) >= 11 is 6.16. The number of rotatable bonds is 4. The molecule has 3 heterocycles. The molecule has 0 saturated carbocycles. The number of aromatic nitrogens is 4. The summed E-state index contributed by atoms with van der Waals surface area (Å²) in [6, 6.07) is 9.81. The summed E-state index contributed by atoms with van der Waals surface area (Å²) in [5.41, 5.74) is 6.92. The fraction of sp³-hybridized carbons (Fsp3) is 0.118. The molecule has 0 aliphatic rings. The molecular weight excluding hydrogens is 364 g/mol. The first kappa shape index (κ1) is 16.5. The van der Waals surface area contributed by atoms with Crippen LogP contribution < -0.4 is 5.73 Å². The smallest absolute Gasteiger partial charge is 0.278 e. The highest BCUT2D eigenvalue weighted by Crippen LogP contribution is 2.35. The van der Waals surface area contributed by atoms with Gasteiger partial charge in [-0.2, -0.15) is 4.98 Å². The Kier molecular flexibility index (Phi) is 4.04. The van der Waals surface area contributed by atoms with Crippen molar-refractivity contribution in [1.29, 1.82) is 0 Å². The molecule has 1 aromatic carbocycles. The van der Waals surface area contributed by atoms with E-state index in [1.54, 1.807) is 36.5 Å². The Morgan fingerprint density at radius 1 is 1.23 bits per heavy atom. The molecule has 0 spiro atoms. The van der Waals surface area contributed by atoms with Crippen LogP contribution in [0, 0.1) is 0 Å². The minimum atomic E-state index is -2.69. The van der Waals surface area contributed by atoms with E-state index in [-0.39, 0.29) is 29.0 Å². The molecule has 3 aromatic heterocycles. The molecule has 4 rings (SSSR count). The normalized spacial score (nSPS) is 11.5. The van der Waals surface area contributed by atoms with Crippen molar-refractivity contribution < 1.29 is 13.3 Å². The Morgan fingerprint density at radius 3 is 2.81 bits per heavy atom. The van der Waals surface area contributed by atoms with Gasteiger partial charge in [-0.3, -0.25) is 4.98 Å². The fourth-order valence-electron chi connectivity index (χ4n) is 2.75. The summed E-state index contributed by atoms with van der Waals surface area (Å²) in [4.78, 5) is 8.36. The molecule has 0 atom stereocenters. The number of hydrogen-bond donors (Lipinski definition) is 1. The van der Waals surface area contributed by atoms with E-state index in [4.69, 9.17) is 21.9 Å². The number of fused-ring (bicyclic) bond motifs is 1. The van der Waals surface area contributed by atoms with E-state index >= 15 is 0 Å². The van der Waals surface area contributed by atoms with Crippen LogP contribution in [-0.4, -0.2) is 19.7 Å². The highest BCUT2D eigenvalue weighted by atomic mass is 35.5. The second-order valence-corrected chi connectivity index (χ2v) is 5.97. The number of nitrogens with two attached hydrogens (primary N) is 1. The molecule has 26 heavy (non-hydrogen) atoms. The van der Waals surface area contributed by atoms with Crippen LogP contribution in [-0.2, 0) is 6.54 Å². The quantitative estimate of drug-likeness (QED) is 0.537. The lowest BCUT2D eigenvalue weighted by Crippen LogP contribution is -2.06. The van der Waals surface area contributed by atoms with Crippen molar-refractivity contribution in [1.82, 2.24) is 19.7 Å². The average Bonchev–Trinajstić information content (AvgIpc) is 3.25. The predicted octanol–water partition coefficient (Wildman–Crippen LogP) is 4.31. The standard InChI is InChI=1S/C17H12ClF2N5O/c18-15-9-7-13(16(19)20)25(12(9)5-4-10(15)21)8-14-23-17(26-24-14)11-3-1-2-6-22-11/h1-7,16H,8,21H2. The zero-order valence-electron chi connectivity index (χ0n) is 13.2. The zero-order chi connectivity index (χ0) is 18.3. The molecule has 0 bridgehead atoms. The molecule has 0 radical (unpaired) electrons. The molecule has 0 amide bonds. The van der Waals surface area contributed by atoms with E-state index in [0.29, 0.717) is 22.3 Å². The number of anilines is 1. The minimum absolute atomic E-state index is 0.000244. The summed E-state index contributed by atoms with van der Waals surface area (Å²) in [6.45, 7) is -0.000244. The molecule has 6 nitrogen and oxygen atoms in total. The van der Waals surface area contributed by atoms with Gasteiger partial charge in [-0.05, 0) is 30.3 Å². The van der Waals surface area contributed by atoms with Crippen molar-refractivity contribution in [2.45, 2.75) is 13.0 Å². The van der Waals surface area contributed by atoms with Crippen molar-refractivity contribution in [2.75, 3.05) is 5.73 Å². The Bertz CT molecular complexity index is 1080. The van der Waals surface area contributed by atoms with Crippen LogP contribution in [0.15, 0.2) is 47.1 Å². The van der Waals surface area contributed by atoms with E-state index in [1.807, 2.05) is 0 Å². The SMILES string of the molecule is Nc1ccc2c(cc(C(F)F)n2Cc2noc(-c3ccccn3)n2)c1Cl. The van der Waals surface area contributed by atoms with Gasteiger partial charge in [0.15, 0.2) is 5.82 Å². The van der Waals surface area contributed by atoms with Crippen molar-refractivity contribution in [3.63, 3.8) is 0 Å². The number of benzene rings is 1. The first-order chi connectivity index (χ1) is 12.5. The Labute approximate surface area is 151 Å². The third kappa shape index (κ3) is 2.78. The van der Waals surface area contributed by atoms with E-state index in [9.17, 15) is 8.78 Å². The van der Waals surface area contributed by atoms with Gasteiger partial charge in [-0.25, -0.2) is 8.78 Å². The minimum Gasteiger partial charge on any atom is -0.398 e. The Morgan fingerprint density at radius 2 is 2.08 bits per heavy atom. The van der Waals surface area contributed by atoms with Gasteiger partial charge >= 0.3 is 0 Å². The lowest BCUT2D eigenvalue weighted by Gasteiger charge is -2.08. The molecule has 0 saturated heterocycles. The van der Waals surface area contributed by atoms with Crippen molar-refractivity contribution in [3.05, 3.63) is 59.1 Å². The predicted molar refractivity (Wildman–Crippen MR) is 92.9 cm³/mol. The highest BCUT2D eigenvalue weighted by Gasteiger charge is 2.21. The molecule has 0 aliphatic heterocycles. The summed E-state index contributed by atoms with van der Waals surface area (Å²) in [5, 5.41) is 4.56. The fourth-order valence-corrected chi connectivity index (χ4v) is 2.96. The summed E-state index contributed by atoms with van der Waals surface area (Å²) < 4.78 is 33.6. The van der Waals surface area contributed by atoms with Crippen LogP contribution in [0.2, 0.25) is 5.02 Å². The van der Waals surface area contributed by atoms with Gasteiger partial charge in [-0.15, -0.1) is 0 Å². The van der Waals surface area contributed by atoms with Crippen LogP contribution in [0.5, 0.6) is 0 Å². The lowest BCUT2D eigenvalue weighted by atomic mass is 10.2. The van der Waals surface area contributed by atoms with E-state index < -0.39 is 6.43 Å². The lowest BCUT2D eigenvalue weighted by molar-refractivity contribution is 0.142. The van der Waals surface area contributed by atoms with Gasteiger partial charge in [0.05, 0.1) is 28.5 Å². The number of hydrogen-bond acceptors (Lipinski definition) is 5. The average molecular weight is 376 g/mol. The van der Waals surface area contributed by atoms with Gasteiger partial charge in [0.1, 0.15) is 5.69 Å². The van der Waals surface area contributed by atoms with E-state index in [1.165, 1.54) is 10.6 Å². The van der Waals surface area contributed by atoms with Gasteiger partial charge in [0.2, 0.25) is 0 Å². The second kappa shape index (κ2) is 6.38. The zero-order valence-corrected chi connectivity index (χ0v) is 14.0. The van der Waals surface area contributed by atoms with Crippen LogP contribution in [0.25, 0.3) is 22.5 Å². The number of nitrogen functional groups attached to an aromatic ring is 1. The van der Waals surface area contributed by atoms with Crippen LogP contribution in [0.1, 0.15) is 17.9 Å². The Balaban J connectivity index is 1.77. The molecule has 4 aromatic rings. The molecule has 9 heteroatoms. The number of pyridine rings is 1. The van der Waals surface area contributed by atoms with E-state index in [2.05, 4.69) is 15.1 Å². The van der Waals surface area contributed by atoms with Gasteiger partial charge < -0.3 is 14.8 Å². The van der Waals surface area contributed by atoms with Crippen molar-refractivity contribution in [2.24, 2.45) is 0 Å². The first-order valence-corrected chi connectivity index (χ1v) is 8.01.